The lowest BCUT2D eigenvalue weighted by Gasteiger charge is -2.29. The zero-order valence-electron chi connectivity index (χ0n) is 11.6. The van der Waals surface area contributed by atoms with Crippen molar-refractivity contribution >= 4 is 5.97 Å². The first-order valence-corrected chi connectivity index (χ1v) is 7.15. The molecule has 19 heavy (non-hydrogen) atoms. The molecule has 2 saturated heterocycles. The number of ether oxygens (including phenoxy) is 2. The first kappa shape index (κ1) is 11.9. The van der Waals surface area contributed by atoms with Crippen molar-refractivity contribution in [2.45, 2.75) is 57.0 Å². The van der Waals surface area contributed by atoms with Crippen LogP contribution in [0.2, 0.25) is 0 Å². The first-order valence-electron chi connectivity index (χ1n) is 7.15. The van der Waals surface area contributed by atoms with Gasteiger partial charge in [-0.15, -0.1) is 0 Å². The summed E-state index contributed by atoms with van der Waals surface area (Å²) < 4.78 is 11.7. The summed E-state index contributed by atoms with van der Waals surface area (Å²) >= 11 is 0. The highest BCUT2D eigenvalue weighted by Crippen LogP contribution is 2.67. The van der Waals surface area contributed by atoms with Gasteiger partial charge in [0.15, 0.2) is 0 Å². The molecule has 4 heteroatoms. The van der Waals surface area contributed by atoms with Gasteiger partial charge in [0.2, 0.25) is 0 Å². The van der Waals surface area contributed by atoms with Gasteiger partial charge in [0.25, 0.3) is 0 Å². The second-order valence-corrected chi connectivity index (χ2v) is 6.89. The van der Waals surface area contributed by atoms with E-state index in [1.54, 1.807) is 0 Å². The van der Waals surface area contributed by atoms with Crippen molar-refractivity contribution in [3.05, 3.63) is 11.6 Å². The standard InChI is InChI=1S/C15H20O4/c1-7-4-5-15-11(7)12-10(8(2)13(17)18-12)9(16)6-14(15,3)19-15/h4,8-12,16H,5-6H2,1-3H3. The van der Waals surface area contributed by atoms with Gasteiger partial charge in [-0.05, 0) is 20.3 Å². The molecule has 0 aromatic heterocycles. The van der Waals surface area contributed by atoms with Gasteiger partial charge in [-0.1, -0.05) is 18.6 Å². The Morgan fingerprint density at radius 1 is 1.47 bits per heavy atom. The topological polar surface area (TPSA) is 59.1 Å². The number of aliphatic hydroxyl groups excluding tert-OH is 1. The largest absolute Gasteiger partial charge is 0.461 e. The molecule has 1 spiro atoms. The number of fused-ring (bicyclic) bond motifs is 2. The zero-order valence-corrected chi connectivity index (χ0v) is 11.6. The first-order chi connectivity index (χ1) is 8.90. The van der Waals surface area contributed by atoms with Crippen molar-refractivity contribution < 1.29 is 19.4 Å². The van der Waals surface area contributed by atoms with Gasteiger partial charge in [-0.2, -0.15) is 0 Å². The molecule has 4 rings (SSSR count). The van der Waals surface area contributed by atoms with Crippen molar-refractivity contribution in [1.82, 2.24) is 0 Å². The highest BCUT2D eigenvalue weighted by molar-refractivity contribution is 5.75. The van der Waals surface area contributed by atoms with Crippen LogP contribution in [0.1, 0.15) is 33.6 Å². The Balaban J connectivity index is 1.82. The quantitative estimate of drug-likeness (QED) is 0.408. The van der Waals surface area contributed by atoms with Crippen molar-refractivity contribution in [3.8, 4) is 0 Å². The van der Waals surface area contributed by atoms with E-state index >= 15 is 0 Å². The van der Waals surface area contributed by atoms with Crippen LogP contribution in [0, 0.1) is 17.8 Å². The van der Waals surface area contributed by atoms with E-state index in [2.05, 4.69) is 19.9 Å². The Kier molecular flexibility index (Phi) is 2.03. The van der Waals surface area contributed by atoms with Crippen LogP contribution >= 0.6 is 0 Å². The van der Waals surface area contributed by atoms with Crippen molar-refractivity contribution in [1.29, 1.82) is 0 Å². The second-order valence-electron chi connectivity index (χ2n) is 6.89. The van der Waals surface area contributed by atoms with Crippen LogP contribution in [0.25, 0.3) is 0 Å². The van der Waals surface area contributed by atoms with Crippen molar-refractivity contribution in [3.63, 3.8) is 0 Å². The number of esters is 1. The molecule has 1 saturated carbocycles. The average Bonchev–Trinajstić information content (AvgIpc) is 2.58. The summed E-state index contributed by atoms with van der Waals surface area (Å²) in [4.78, 5) is 11.9. The molecule has 4 aliphatic rings. The highest BCUT2D eigenvalue weighted by atomic mass is 16.6. The number of carbonyl (C=O) groups excluding carboxylic acids is 1. The van der Waals surface area contributed by atoms with E-state index in [1.165, 1.54) is 5.57 Å². The molecule has 3 fully saturated rings. The molecule has 0 radical (unpaired) electrons. The predicted molar refractivity (Wildman–Crippen MR) is 67.2 cm³/mol. The maximum absolute atomic E-state index is 11.9. The SMILES string of the molecule is CC1=CCC23OC2(C)CC(O)C2C(C)C(=O)OC2C13. The Morgan fingerprint density at radius 3 is 2.95 bits per heavy atom. The molecule has 7 unspecified atom stereocenters. The molecule has 4 nitrogen and oxygen atoms in total. The van der Waals surface area contributed by atoms with Crippen molar-refractivity contribution in [2.24, 2.45) is 17.8 Å². The summed E-state index contributed by atoms with van der Waals surface area (Å²) in [5.41, 5.74) is 0.749. The lowest BCUT2D eigenvalue weighted by atomic mass is 9.77. The molecule has 104 valence electrons. The maximum atomic E-state index is 11.9. The molecular formula is C15H20O4. The highest BCUT2D eigenvalue weighted by Gasteiger charge is 2.77. The summed E-state index contributed by atoms with van der Waals surface area (Å²) in [7, 11) is 0. The lowest BCUT2D eigenvalue weighted by Crippen LogP contribution is -2.39. The van der Waals surface area contributed by atoms with Gasteiger partial charge in [-0.25, -0.2) is 0 Å². The van der Waals surface area contributed by atoms with E-state index < -0.39 is 6.10 Å². The van der Waals surface area contributed by atoms with Gasteiger partial charge < -0.3 is 14.6 Å². The molecule has 0 aromatic carbocycles. The fraction of sp³-hybridized carbons (Fsp3) is 0.800. The Bertz CT molecular complexity index is 498. The summed E-state index contributed by atoms with van der Waals surface area (Å²) in [6, 6.07) is 0. The van der Waals surface area contributed by atoms with Gasteiger partial charge in [0.1, 0.15) is 11.7 Å². The van der Waals surface area contributed by atoms with E-state index in [0.717, 1.165) is 6.42 Å². The fourth-order valence-corrected chi connectivity index (χ4v) is 4.84. The molecule has 7 atom stereocenters. The average molecular weight is 264 g/mol. The number of hydrogen-bond acceptors (Lipinski definition) is 4. The number of aliphatic hydroxyl groups is 1. The normalized spacial score (nSPS) is 58.6. The van der Waals surface area contributed by atoms with E-state index in [-0.39, 0.29) is 41.0 Å². The maximum Gasteiger partial charge on any atom is 0.309 e. The molecular weight excluding hydrogens is 244 g/mol. The van der Waals surface area contributed by atoms with Gasteiger partial charge in [0.05, 0.1) is 17.6 Å². The molecule has 0 amide bonds. The monoisotopic (exact) mass is 264 g/mol. The fourth-order valence-electron chi connectivity index (χ4n) is 4.84. The Labute approximate surface area is 112 Å². The number of hydrogen-bond donors (Lipinski definition) is 1. The van der Waals surface area contributed by atoms with Crippen molar-refractivity contribution in [2.75, 3.05) is 0 Å². The van der Waals surface area contributed by atoms with E-state index in [1.807, 2.05) is 6.92 Å². The van der Waals surface area contributed by atoms with Crippen LogP contribution in [0.3, 0.4) is 0 Å². The number of carbonyl (C=O) groups is 1. The molecule has 0 bridgehead atoms. The van der Waals surface area contributed by atoms with Gasteiger partial charge in [-0.3, -0.25) is 4.79 Å². The molecule has 0 aromatic rings. The minimum Gasteiger partial charge on any atom is -0.461 e. The summed E-state index contributed by atoms with van der Waals surface area (Å²) in [5.74, 6) is -0.364. The summed E-state index contributed by atoms with van der Waals surface area (Å²) in [5, 5.41) is 10.5. The number of rotatable bonds is 0. The van der Waals surface area contributed by atoms with Crippen LogP contribution < -0.4 is 0 Å². The van der Waals surface area contributed by atoms with E-state index in [0.29, 0.717) is 6.42 Å². The molecule has 2 aliphatic heterocycles. The van der Waals surface area contributed by atoms with Crippen LogP contribution in [0.5, 0.6) is 0 Å². The smallest absolute Gasteiger partial charge is 0.309 e. The second kappa shape index (κ2) is 3.23. The van der Waals surface area contributed by atoms with Crippen LogP contribution in [0.4, 0.5) is 0 Å². The van der Waals surface area contributed by atoms with Crippen LogP contribution in [0.15, 0.2) is 11.6 Å². The molecule has 1 N–H and O–H groups in total. The van der Waals surface area contributed by atoms with Gasteiger partial charge in [0, 0.05) is 18.3 Å². The number of epoxide rings is 1. The van der Waals surface area contributed by atoms with E-state index in [9.17, 15) is 9.90 Å². The third-order valence-electron chi connectivity index (χ3n) is 5.93. The van der Waals surface area contributed by atoms with E-state index in [4.69, 9.17) is 9.47 Å². The lowest BCUT2D eigenvalue weighted by molar-refractivity contribution is -0.145. The summed E-state index contributed by atoms with van der Waals surface area (Å²) in [6.07, 6.45) is 2.95. The van der Waals surface area contributed by atoms with Crippen LogP contribution in [-0.4, -0.2) is 34.5 Å². The zero-order chi connectivity index (χ0) is 13.6. The molecule has 2 heterocycles. The third kappa shape index (κ3) is 1.20. The Morgan fingerprint density at radius 2 is 2.21 bits per heavy atom. The predicted octanol–water partition coefficient (Wildman–Crippen LogP) is 1.42. The Hall–Kier alpha value is -0.870. The van der Waals surface area contributed by atoms with Crippen LogP contribution in [-0.2, 0) is 14.3 Å². The third-order valence-corrected chi connectivity index (χ3v) is 5.93. The minimum atomic E-state index is -0.519. The minimum absolute atomic E-state index is 0.0935. The summed E-state index contributed by atoms with van der Waals surface area (Å²) in [6.45, 7) is 6.05. The molecule has 2 aliphatic carbocycles. The van der Waals surface area contributed by atoms with Gasteiger partial charge >= 0.3 is 5.97 Å².